The van der Waals surface area contributed by atoms with E-state index in [-0.39, 0.29) is 52.4 Å². The maximum Gasteiger partial charge on any atom is 3.00 e. The minimum Gasteiger partial charge on any atom is -1.00 e. The van der Waals surface area contributed by atoms with E-state index in [1.54, 1.807) is 6.92 Å². The van der Waals surface area contributed by atoms with Gasteiger partial charge in [-0.3, -0.25) is 4.79 Å². The molecule has 4 nitrogen and oxygen atoms in total. The van der Waals surface area contributed by atoms with Crippen LogP contribution in [0.4, 0.5) is 0 Å². The molecule has 0 aromatic rings. The topological polar surface area (TPSA) is 70.0 Å². The summed E-state index contributed by atoms with van der Waals surface area (Å²) in [5.41, 5.74) is 6.35. The Morgan fingerprint density at radius 1 is 1.24 bits per heavy atom. The van der Waals surface area contributed by atoms with E-state index in [9.17, 15) is 4.79 Å². The van der Waals surface area contributed by atoms with Crippen LogP contribution in [0.25, 0.3) is 5.73 Å². The molecule has 0 aromatic heterocycles. The predicted molar refractivity (Wildman–Crippen MR) is 74.0 cm³/mol. The molecule has 7 heteroatoms. The molecule has 0 saturated heterocycles. The average molecular weight is 374 g/mol. The van der Waals surface area contributed by atoms with Crippen LogP contribution in [0.5, 0.6) is 0 Å². The van der Waals surface area contributed by atoms with Gasteiger partial charge < -0.3 is 40.7 Å². The molecule has 0 bridgehead atoms. The molecule has 123 valence electrons. The first-order valence-corrected chi connectivity index (χ1v) is 6.67. The summed E-state index contributed by atoms with van der Waals surface area (Å²) in [6, 6.07) is 0.404. The molecule has 1 radical (unpaired) electrons. The van der Waals surface area contributed by atoms with Gasteiger partial charge in [0.05, 0.1) is 0 Å². The van der Waals surface area contributed by atoms with Crippen LogP contribution >= 0.6 is 0 Å². The summed E-state index contributed by atoms with van der Waals surface area (Å²) in [5.74, 6) is 0.220. The molecule has 1 aliphatic carbocycles. The Balaban J connectivity index is -0.000000185. The van der Waals surface area contributed by atoms with Crippen LogP contribution in [-0.4, -0.2) is 17.9 Å². The third-order valence-corrected chi connectivity index (χ3v) is 3.45. The van der Waals surface area contributed by atoms with Crippen LogP contribution in [0.15, 0.2) is 0 Å². The molecule has 0 spiro atoms. The van der Waals surface area contributed by atoms with E-state index in [0.29, 0.717) is 17.4 Å². The van der Waals surface area contributed by atoms with Gasteiger partial charge in [-0.1, -0.05) is 27.2 Å². The van der Waals surface area contributed by atoms with Gasteiger partial charge >= 0.3 is 21.7 Å². The molecule has 2 amide bonds. The van der Waals surface area contributed by atoms with Crippen molar-refractivity contribution in [1.82, 2.24) is 5.32 Å². The molecule has 0 heterocycles. The molecule has 2 N–H and O–H groups in total. The summed E-state index contributed by atoms with van der Waals surface area (Å²) >= 11 is 0. The average Bonchev–Trinajstić information content (AvgIpc) is 2.14. The van der Waals surface area contributed by atoms with E-state index in [0.717, 1.165) is 6.42 Å². The Labute approximate surface area is 156 Å². The monoisotopic (exact) mass is 373 g/mol. The maximum absolute atomic E-state index is 11.1. The van der Waals surface area contributed by atoms with E-state index in [1.807, 2.05) is 0 Å². The number of hydrogen-bond donors (Lipinski definition) is 1. The van der Waals surface area contributed by atoms with Gasteiger partial charge in [0.1, 0.15) is 0 Å². The fourth-order valence-electron chi connectivity index (χ4n) is 2.56. The molecular weight excluding hydrogens is 347 g/mol. The third-order valence-electron chi connectivity index (χ3n) is 3.45. The van der Waals surface area contributed by atoms with Crippen molar-refractivity contribution in [2.24, 2.45) is 11.3 Å². The Bertz CT molecular complexity index is 299. The van der Waals surface area contributed by atoms with Gasteiger partial charge in [-0.15, -0.1) is 0 Å². The molecule has 0 aromatic carbocycles. The van der Waals surface area contributed by atoms with E-state index >= 15 is 0 Å². The van der Waals surface area contributed by atoms with E-state index in [2.05, 4.69) is 26.1 Å². The van der Waals surface area contributed by atoms with E-state index < -0.39 is 5.91 Å². The van der Waals surface area contributed by atoms with Gasteiger partial charge in [0, 0.05) is 18.9 Å². The zero-order chi connectivity index (χ0) is 14.3. The number of rotatable bonds is 2. The number of hydrogen-bond acceptors (Lipinski definition) is 2. The zero-order valence-corrected chi connectivity index (χ0v) is 16.6. The summed E-state index contributed by atoms with van der Waals surface area (Å²) in [6.07, 6.45) is 4.86. The largest absolute Gasteiger partial charge is 3.00 e. The Hall–Kier alpha value is 0.234. The van der Waals surface area contributed by atoms with Crippen LogP contribution < -0.4 is 30.1 Å². The minimum atomic E-state index is -0.583. The number of amides is 2. The van der Waals surface area contributed by atoms with Crippen LogP contribution in [0.1, 0.15) is 60.3 Å². The number of carbonyl (C=O) groups is 2. The Morgan fingerprint density at radius 3 is 2.00 bits per heavy atom. The third kappa shape index (κ3) is 14.9. The van der Waals surface area contributed by atoms with Gasteiger partial charge in [-0.2, -0.15) is 0 Å². The molecule has 2 unspecified atom stereocenters. The van der Waals surface area contributed by atoms with Crippen molar-refractivity contribution in [3.05, 3.63) is 5.73 Å². The normalized spacial score (nSPS) is 22.0. The molecule has 21 heavy (non-hydrogen) atoms. The van der Waals surface area contributed by atoms with Gasteiger partial charge in [-0.05, 0) is 37.5 Å². The predicted octanol–water partition coefficient (Wildman–Crippen LogP) is -2.68. The van der Waals surface area contributed by atoms with Crippen molar-refractivity contribution < 1.29 is 56.1 Å². The van der Waals surface area contributed by atoms with Gasteiger partial charge in [0.15, 0.2) is 0 Å². The quantitative estimate of drug-likeness (QED) is 0.536. The SMILES string of the molecule is CC([NH-])=O.CCC1CCC(C)(C)CC1NC(C)=O.[Cl-].[Cl-].[Ti+3]. The molecule has 0 aliphatic heterocycles. The van der Waals surface area contributed by atoms with Gasteiger partial charge in [-0.25, -0.2) is 0 Å². The first-order chi connectivity index (χ1) is 8.18. The Kier molecular flexibility index (Phi) is 19.3. The van der Waals surface area contributed by atoms with Crippen molar-refractivity contribution in [2.45, 2.75) is 66.3 Å². The summed E-state index contributed by atoms with van der Waals surface area (Å²) < 4.78 is 0. The first kappa shape index (κ1) is 29.3. The van der Waals surface area contributed by atoms with Gasteiger partial charge in [0.2, 0.25) is 5.91 Å². The van der Waals surface area contributed by atoms with Gasteiger partial charge in [0.25, 0.3) is 0 Å². The molecule has 1 fully saturated rings. The number of carbonyl (C=O) groups excluding carboxylic acids is 2. The van der Waals surface area contributed by atoms with Crippen molar-refractivity contribution in [3.8, 4) is 0 Å². The minimum absolute atomic E-state index is 0. The van der Waals surface area contributed by atoms with Crippen molar-refractivity contribution >= 4 is 11.8 Å². The fourth-order valence-corrected chi connectivity index (χ4v) is 2.56. The molecule has 2 atom stereocenters. The molecule has 1 rings (SSSR count). The van der Waals surface area contributed by atoms with E-state index in [4.69, 9.17) is 10.5 Å². The zero-order valence-electron chi connectivity index (χ0n) is 13.6. The second-order valence-corrected chi connectivity index (χ2v) is 5.94. The molecular formula is C14H27Cl2N2O2Ti. The maximum atomic E-state index is 11.1. The van der Waals surface area contributed by atoms with E-state index in [1.165, 1.54) is 26.2 Å². The summed E-state index contributed by atoms with van der Waals surface area (Å²) in [6.45, 7) is 9.63. The summed E-state index contributed by atoms with van der Waals surface area (Å²) in [4.78, 5) is 20.2. The van der Waals surface area contributed by atoms with Crippen molar-refractivity contribution in [3.63, 3.8) is 0 Å². The number of nitrogens with one attached hydrogen (secondary N) is 2. The smallest absolute Gasteiger partial charge is 1.00 e. The fraction of sp³-hybridized carbons (Fsp3) is 0.857. The Morgan fingerprint density at radius 2 is 1.67 bits per heavy atom. The van der Waals surface area contributed by atoms with Crippen molar-refractivity contribution in [2.75, 3.05) is 0 Å². The van der Waals surface area contributed by atoms with Crippen molar-refractivity contribution in [1.29, 1.82) is 0 Å². The standard InChI is InChI=1S/C12H23NO.C2H5NO.2ClH.Ti/c1-5-10-6-7-12(3,4)8-11(10)13-9(2)14;1-2(3)4;;;/h10-11H,5-8H2,1-4H3,(H,13,14);1H3,(H2,3,4);2*1H;/q;;;;+3/p-3. The first-order valence-electron chi connectivity index (χ1n) is 6.67. The second-order valence-electron chi connectivity index (χ2n) is 5.94. The summed E-state index contributed by atoms with van der Waals surface area (Å²) in [7, 11) is 0. The van der Waals surface area contributed by atoms with Crippen LogP contribution in [0.3, 0.4) is 0 Å². The summed E-state index contributed by atoms with van der Waals surface area (Å²) in [5, 5.41) is 3.10. The van der Waals surface area contributed by atoms with Crippen LogP contribution in [0.2, 0.25) is 0 Å². The van der Waals surface area contributed by atoms with Crippen LogP contribution in [0, 0.1) is 11.3 Å². The molecule has 1 aliphatic rings. The number of halogens is 2. The molecule has 1 saturated carbocycles. The second kappa shape index (κ2) is 13.9. The van der Waals surface area contributed by atoms with Crippen LogP contribution in [-0.2, 0) is 31.3 Å².